The summed E-state index contributed by atoms with van der Waals surface area (Å²) in [6.45, 7) is 6.27. The lowest BCUT2D eigenvalue weighted by Gasteiger charge is -2.10. The van der Waals surface area contributed by atoms with E-state index < -0.39 is 0 Å². The summed E-state index contributed by atoms with van der Waals surface area (Å²) in [5.41, 5.74) is 0.824. The first-order chi connectivity index (χ1) is 13.2. The monoisotopic (exact) mass is 390 g/mol. The second kappa shape index (κ2) is 9.92. The van der Waals surface area contributed by atoms with Crippen molar-refractivity contribution in [3.05, 3.63) is 6.20 Å². The molecule has 27 heavy (non-hydrogen) atoms. The van der Waals surface area contributed by atoms with Gasteiger partial charge in [0.15, 0.2) is 10.8 Å². The molecular weight excluding hydrogens is 360 g/mol. The van der Waals surface area contributed by atoms with E-state index in [2.05, 4.69) is 39.5 Å². The molecule has 0 radical (unpaired) electrons. The molecule has 2 heterocycles. The zero-order valence-corrected chi connectivity index (χ0v) is 17.1. The van der Waals surface area contributed by atoms with Crippen LogP contribution in [-0.4, -0.2) is 44.5 Å². The Morgan fingerprint density at radius 2 is 2.07 bits per heavy atom. The van der Waals surface area contributed by atoms with Gasteiger partial charge in [-0.25, -0.2) is 14.6 Å². The number of hydrogen-bond donors (Lipinski definition) is 2. The van der Waals surface area contributed by atoms with Gasteiger partial charge in [0, 0.05) is 19.5 Å². The van der Waals surface area contributed by atoms with E-state index >= 15 is 0 Å². The number of anilines is 1. The van der Waals surface area contributed by atoms with Crippen LogP contribution in [0.15, 0.2) is 11.4 Å². The molecule has 2 aromatic rings. The fraction of sp³-hybridized carbons (Fsp3) is 0.684. The Kier molecular flexibility index (Phi) is 7.32. The summed E-state index contributed by atoms with van der Waals surface area (Å²) >= 11 is 1.62. The van der Waals surface area contributed by atoms with Crippen molar-refractivity contribution in [2.45, 2.75) is 64.1 Å². The zero-order valence-electron chi connectivity index (χ0n) is 16.3. The van der Waals surface area contributed by atoms with Crippen LogP contribution < -0.4 is 10.6 Å². The van der Waals surface area contributed by atoms with Crippen LogP contribution in [0.2, 0.25) is 0 Å². The topological polar surface area (TPSA) is 84.7 Å². The third-order valence-corrected chi connectivity index (χ3v) is 5.62. The van der Waals surface area contributed by atoms with Crippen LogP contribution in [0.3, 0.4) is 0 Å². The lowest BCUT2D eigenvalue weighted by molar-refractivity contribution is -0.122. The second-order valence-electron chi connectivity index (χ2n) is 7.02. The third kappa shape index (κ3) is 5.34. The fourth-order valence-electron chi connectivity index (χ4n) is 3.52. The molecule has 1 fully saturated rings. The molecule has 0 aromatic carbocycles. The molecule has 0 bridgehead atoms. The van der Waals surface area contributed by atoms with Crippen molar-refractivity contribution in [2.75, 3.05) is 24.2 Å². The van der Waals surface area contributed by atoms with Crippen molar-refractivity contribution in [3.8, 4) is 0 Å². The minimum absolute atomic E-state index is 0.153. The molecule has 3 rings (SSSR count). The molecular formula is C19H30N6OS. The smallest absolute Gasteiger partial charge is 0.220 e. The minimum Gasteiger partial charge on any atom is -0.369 e. The van der Waals surface area contributed by atoms with Gasteiger partial charge in [-0.05, 0) is 30.9 Å². The Morgan fingerprint density at radius 1 is 1.26 bits per heavy atom. The first-order valence-corrected chi connectivity index (χ1v) is 11.1. The molecule has 0 saturated heterocycles. The first-order valence-electron chi connectivity index (χ1n) is 10.1. The zero-order chi connectivity index (χ0) is 19.1. The van der Waals surface area contributed by atoms with Gasteiger partial charge in [-0.1, -0.05) is 38.5 Å². The summed E-state index contributed by atoms with van der Waals surface area (Å²) in [4.78, 5) is 21.4. The van der Waals surface area contributed by atoms with E-state index in [1.54, 1.807) is 11.8 Å². The van der Waals surface area contributed by atoms with Crippen LogP contribution in [0.1, 0.15) is 52.4 Å². The number of thioether (sulfide) groups is 1. The highest BCUT2D eigenvalue weighted by molar-refractivity contribution is 7.99. The molecule has 0 aliphatic heterocycles. The number of fused-ring (bicyclic) bond motifs is 1. The van der Waals surface area contributed by atoms with Gasteiger partial charge in [-0.15, -0.1) is 0 Å². The molecule has 148 valence electrons. The Balaban J connectivity index is 1.64. The quantitative estimate of drug-likeness (QED) is 0.477. The van der Waals surface area contributed by atoms with Crippen LogP contribution in [0.25, 0.3) is 11.0 Å². The van der Waals surface area contributed by atoms with Crippen molar-refractivity contribution < 1.29 is 4.79 Å². The van der Waals surface area contributed by atoms with E-state index in [0.717, 1.165) is 40.7 Å². The van der Waals surface area contributed by atoms with Crippen molar-refractivity contribution in [3.63, 3.8) is 0 Å². The van der Waals surface area contributed by atoms with Gasteiger partial charge in [0.25, 0.3) is 0 Å². The normalized spacial score (nSPS) is 14.7. The molecule has 7 nitrogen and oxygen atoms in total. The van der Waals surface area contributed by atoms with E-state index in [4.69, 9.17) is 0 Å². The molecule has 0 spiro atoms. The molecule has 2 aromatic heterocycles. The molecule has 1 aliphatic carbocycles. The number of aromatic nitrogens is 4. The van der Waals surface area contributed by atoms with Crippen molar-refractivity contribution in [1.29, 1.82) is 0 Å². The molecule has 0 unspecified atom stereocenters. The first kappa shape index (κ1) is 19.9. The van der Waals surface area contributed by atoms with Gasteiger partial charge in [0.05, 0.1) is 18.1 Å². The Hall–Kier alpha value is -1.83. The van der Waals surface area contributed by atoms with E-state index in [-0.39, 0.29) is 5.91 Å². The van der Waals surface area contributed by atoms with Gasteiger partial charge in [0.1, 0.15) is 5.82 Å². The third-order valence-electron chi connectivity index (χ3n) is 4.89. The number of carbonyl (C=O) groups excluding carboxylic acids is 1. The molecule has 1 saturated carbocycles. The maximum Gasteiger partial charge on any atom is 0.220 e. The van der Waals surface area contributed by atoms with Gasteiger partial charge in [0.2, 0.25) is 5.91 Å². The van der Waals surface area contributed by atoms with Crippen molar-refractivity contribution in [2.24, 2.45) is 5.92 Å². The number of carbonyl (C=O) groups is 1. The standard InChI is InChI=1S/C19H30N6OS/c1-3-9-21-17-15-13-22-25(18(15)24-19(23-17)27-4-2)11-10-20-16(26)12-14-7-5-6-8-14/h13-14H,3-12H2,1-2H3,(H,20,26)(H,21,23,24). The van der Waals surface area contributed by atoms with E-state index in [0.29, 0.717) is 25.4 Å². The molecule has 2 N–H and O–H groups in total. The predicted molar refractivity (Wildman–Crippen MR) is 110 cm³/mol. The summed E-state index contributed by atoms with van der Waals surface area (Å²) in [7, 11) is 0. The average molecular weight is 391 g/mol. The second-order valence-corrected chi connectivity index (χ2v) is 8.26. The lowest BCUT2D eigenvalue weighted by atomic mass is 10.0. The number of rotatable bonds is 10. The van der Waals surface area contributed by atoms with E-state index in [9.17, 15) is 4.79 Å². The van der Waals surface area contributed by atoms with Gasteiger partial charge < -0.3 is 10.6 Å². The molecule has 8 heteroatoms. The number of amides is 1. The summed E-state index contributed by atoms with van der Waals surface area (Å²) in [5, 5.41) is 12.6. The maximum atomic E-state index is 12.1. The van der Waals surface area contributed by atoms with E-state index in [1.807, 2.05) is 10.9 Å². The van der Waals surface area contributed by atoms with Crippen molar-refractivity contribution in [1.82, 2.24) is 25.1 Å². The van der Waals surface area contributed by atoms with Crippen LogP contribution in [0.5, 0.6) is 0 Å². The summed E-state index contributed by atoms with van der Waals surface area (Å²) in [5.74, 6) is 2.49. The predicted octanol–water partition coefficient (Wildman–Crippen LogP) is 3.46. The number of nitrogens with one attached hydrogen (secondary N) is 2. The van der Waals surface area contributed by atoms with Crippen LogP contribution in [0, 0.1) is 5.92 Å². The molecule has 1 aliphatic rings. The number of hydrogen-bond acceptors (Lipinski definition) is 6. The molecule has 0 atom stereocenters. The highest BCUT2D eigenvalue weighted by Crippen LogP contribution is 2.27. The summed E-state index contributed by atoms with van der Waals surface area (Å²) < 4.78 is 1.86. The Labute approximate surface area is 165 Å². The highest BCUT2D eigenvalue weighted by Gasteiger charge is 2.18. The summed E-state index contributed by atoms with van der Waals surface area (Å²) in [6.07, 6.45) is 8.42. The van der Waals surface area contributed by atoms with Gasteiger partial charge in [-0.3, -0.25) is 4.79 Å². The SMILES string of the molecule is CCCNc1nc(SCC)nc2c1cnn2CCNC(=O)CC1CCCC1. The Bertz CT molecular complexity index is 756. The molecule has 1 amide bonds. The fourth-order valence-corrected chi connectivity index (χ4v) is 4.09. The van der Waals surface area contributed by atoms with E-state index in [1.165, 1.54) is 25.7 Å². The number of nitrogens with zero attached hydrogens (tertiary/aromatic N) is 4. The Morgan fingerprint density at radius 3 is 2.81 bits per heavy atom. The maximum absolute atomic E-state index is 12.1. The van der Waals surface area contributed by atoms with Crippen molar-refractivity contribution >= 4 is 34.5 Å². The summed E-state index contributed by atoms with van der Waals surface area (Å²) in [6, 6.07) is 0. The van der Waals surface area contributed by atoms with Gasteiger partial charge in [-0.2, -0.15) is 5.10 Å². The van der Waals surface area contributed by atoms with Crippen LogP contribution >= 0.6 is 11.8 Å². The largest absolute Gasteiger partial charge is 0.369 e. The highest BCUT2D eigenvalue weighted by atomic mass is 32.2. The average Bonchev–Trinajstić information content (AvgIpc) is 3.30. The van der Waals surface area contributed by atoms with Crippen LogP contribution in [-0.2, 0) is 11.3 Å². The van der Waals surface area contributed by atoms with Gasteiger partial charge >= 0.3 is 0 Å². The minimum atomic E-state index is 0.153. The lowest BCUT2D eigenvalue weighted by Crippen LogP contribution is -2.28. The van der Waals surface area contributed by atoms with Crippen LogP contribution in [0.4, 0.5) is 5.82 Å².